The van der Waals surface area contributed by atoms with Crippen LogP contribution in [0, 0.1) is 17.3 Å². The van der Waals surface area contributed by atoms with Gasteiger partial charge in [-0.3, -0.25) is 0 Å². The second kappa shape index (κ2) is 5.31. The van der Waals surface area contributed by atoms with Gasteiger partial charge in [0.15, 0.2) is 0 Å². The Bertz CT molecular complexity index is 179. The zero-order valence-corrected chi connectivity index (χ0v) is 11.4. The smallest absolute Gasteiger partial charge is 0.0123 e. The molecule has 0 aliphatic rings. The minimum absolute atomic E-state index is 0.0674. The third kappa shape index (κ3) is 4.98. The van der Waals surface area contributed by atoms with E-state index in [1.54, 1.807) is 0 Å². The maximum atomic E-state index is 6.09. The summed E-state index contributed by atoms with van der Waals surface area (Å²) in [5.41, 5.74) is 12.1. The van der Waals surface area contributed by atoms with Crippen molar-refractivity contribution in [2.24, 2.45) is 28.7 Å². The Morgan fingerprint density at radius 3 is 1.80 bits per heavy atom. The van der Waals surface area contributed by atoms with Crippen molar-refractivity contribution in [2.45, 2.75) is 59.9 Å². The molecule has 2 atom stereocenters. The molecule has 2 unspecified atom stereocenters. The van der Waals surface area contributed by atoms with Gasteiger partial charge in [-0.2, -0.15) is 0 Å². The van der Waals surface area contributed by atoms with E-state index in [4.69, 9.17) is 11.5 Å². The Kier molecular flexibility index (Phi) is 5.28. The molecule has 0 aliphatic carbocycles. The van der Waals surface area contributed by atoms with Gasteiger partial charge in [-0.25, -0.2) is 0 Å². The molecular weight excluding hydrogens is 184 g/mol. The fourth-order valence-electron chi connectivity index (χ4n) is 1.53. The molecule has 15 heavy (non-hydrogen) atoms. The van der Waals surface area contributed by atoms with Gasteiger partial charge in [0.1, 0.15) is 0 Å². The second-order valence-electron chi connectivity index (χ2n) is 6.39. The van der Waals surface area contributed by atoms with Crippen molar-refractivity contribution in [1.29, 1.82) is 0 Å². The largest absolute Gasteiger partial charge is 0.330 e. The van der Waals surface area contributed by atoms with Crippen LogP contribution in [0.1, 0.15) is 54.4 Å². The Morgan fingerprint density at radius 1 is 1.00 bits per heavy atom. The van der Waals surface area contributed by atoms with Crippen molar-refractivity contribution >= 4 is 0 Å². The maximum Gasteiger partial charge on any atom is 0.0123 e. The summed E-state index contributed by atoms with van der Waals surface area (Å²) in [6.45, 7) is 14.1. The molecule has 0 spiro atoms. The molecule has 0 aromatic rings. The van der Waals surface area contributed by atoms with E-state index in [9.17, 15) is 0 Å². The highest BCUT2D eigenvalue weighted by Crippen LogP contribution is 2.34. The lowest BCUT2D eigenvalue weighted by Gasteiger charge is -2.35. The predicted octanol–water partition coefficient (Wildman–Crippen LogP) is 2.76. The summed E-state index contributed by atoms with van der Waals surface area (Å²) in [6.07, 6.45) is 2.38. The quantitative estimate of drug-likeness (QED) is 0.714. The fraction of sp³-hybridized carbons (Fsp3) is 1.00. The summed E-state index contributed by atoms with van der Waals surface area (Å²) in [6, 6.07) is 0. The summed E-state index contributed by atoms with van der Waals surface area (Å²) in [5.74, 6) is 1.13. The van der Waals surface area contributed by atoms with Gasteiger partial charge in [-0.1, -0.05) is 27.7 Å². The summed E-state index contributed by atoms with van der Waals surface area (Å²) >= 11 is 0. The van der Waals surface area contributed by atoms with Gasteiger partial charge < -0.3 is 11.5 Å². The minimum atomic E-state index is -0.0674. The lowest BCUT2D eigenvalue weighted by Crippen LogP contribution is -2.40. The van der Waals surface area contributed by atoms with Crippen LogP contribution in [0.4, 0.5) is 0 Å². The Balaban J connectivity index is 4.15. The molecule has 2 nitrogen and oxygen atoms in total. The maximum absolute atomic E-state index is 6.09. The standard InChI is InChI=1S/C13H30N2/c1-10(13(5,6)15)7-8-12(3,4)11(2)9-14/h10-11H,7-9,14-15H2,1-6H3. The molecule has 0 amide bonds. The Hall–Kier alpha value is -0.0800. The van der Waals surface area contributed by atoms with Crippen LogP contribution in [0.15, 0.2) is 0 Å². The molecule has 0 rings (SSSR count). The van der Waals surface area contributed by atoms with Crippen LogP contribution in [-0.4, -0.2) is 12.1 Å². The highest BCUT2D eigenvalue weighted by molar-refractivity contribution is 4.83. The van der Waals surface area contributed by atoms with E-state index in [0.29, 0.717) is 17.3 Å². The van der Waals surface area contributed by atoms with Crippen LogP contribution in [0.5, 0.6) is 0 Å². The summed E-state index contributed by atoms with van der Waals surface area (Å²) in [5, 5.41) is 0. The van der Waals surface area contributed by atoms with E-state index in [1.807, 2.05) is 0 Å². The fourth-order valence-corrected chi connectivity index (χ4v) is 1.53. The van der Waals surface area contributed by atoms with Crippen molar-refractivity contribution in [1.82, 2.24) is 0 Å². The zero-order chi connectivity index (χ0) is 12.3. The van der Waals surface area contributed by atoms with Gasteiger partial charge in [-0.05, 0) is 50.5 Å². The first-order chi connectivity index (χ1) is 6.61. The van der Waals surface area contributed by atoms with Crippen molar-refractivity contribution in [3.8, 4) is 0 Å². The highest BCUT2D eigenvalue weighted by atomic mass is 14.7. The monoisotopic (exact) mass is 214 g/mol. The van der Waals surface area contributed by atoms with Gasteiger partial charge in [0, 0.05) is 5.54 Å². The number of hydrogen-bond donors (Lipinski definition) is 2. The highest BCUT2D eigenvalue weighted by Gasteiger charge is 2.28. The first kappa shape index (κ1) is 14.9. The lowest BCUT2D eigenvalue weighted by molar-refractivity contribution is 0.184. The molecule has 0 aromatic carbocycles. The van der Waals surface area contributed by atoms with Crippen LogP contribution in [0.25, 0.3) is 0 Å². The second-order valence-corrected chi connectivity index (χ2v) is 6.39. The number of hydrogen-bond acceptors (Lipinski definition) is 2. The first-order valence-corrected chi connectivity index (χ1v) is 6.10. The van der Waals surface area contributed by atoms with E-state index >= 15 is 0 Å². The van der Waals surface area contributed by atoms with Crippen LogP contribution < -0.4 is 11.5 Å². The molecule has 92 valence electrons. The molecule has 2 heteroatoms. The lowest BCUT2D eigenvalue weighted by atomic mass is 9.73. The molecule has 0 bridgehead atoms. The van der Waals surface area contributed by atoms with Gasteiger partial charge in [0.2, 0.25) is 0 Å². The van der Waals surface area contributed by atoms with Gasteiger partial charge in [-0.15, -0.1) is 0 Å². The predicted molar refractivity (Wildman–Crippen MR) is 68.7 cm³/mol. The van der Waals surface area contributed by atoms with Crippen LogP contribution >= 0.6 is 0 Å². The van der Waals surface area contributed by atoms with Crippen molar-refractivity contribution in [2.75, 3.05) is 6.54 Å². The number of rotatable bonds is 6. The molecular formula is C13H30N2. The average molecular weight is 214 g/mol. The molecule has 0 saturated heterocycles. The van der Waals surface area contributed by atoms with Gasteiger partial charge in [0.05, 0.1) is 0 Å². The first-order valence-electron chi connectivity index (χ1n) is 6.10. The summed E-state index contributed by atoms with van der Waals surface area (Å²) in [4.78, 5) is 0. The number of nitrogens with two attached hydrogens (primary N) is 2. The van der Waals surface area contributed by atoms with Crippen LogP contribution in [-0.2, 0) is 0 Å². The van der Waals surface area contributed by atoms with Crippen molar-refractivity contribution in [3.63, 3.8) is 0 Å². The van der Waals surface area contributed by atoms with E-state index in [1.165, 1.54) is 12.8 Å². The third-order valence-electron chi connectivity index (χ3n) is 4.18. The van der Waals surface area contributed by atoms with Crippen molar-refractivity contribution in [3.05, 3.63) is 0 Å². The zero-order valence-electron chi connectivity index (χ0n) is 11.4. The Labute approximate surface area is 95.8 Å². The van der Waals surface area contributed by atoms with Gasteiger partial charge in [0.25, 0.3) is 0 Å². The topological polar surface area (TPSA) is 52.0 Å². The third-order valence-corrected chi connectivity index (χ3v) is 4.18. The van der Waals surface area contributed by atoms with Crippen molar-refractivity contribution < 1.29 is 0 Å². The summed E-state index contributed by atoms with van der Waals surface area (Å²) < 4.78 is 0. The molecule has 0 fully saturated rings. The Morgan fingerprint density at radius 2 is 1.47 bits per heavy atom. The van der Waals surface area contributed by atoms with Crippen LogP contribution in [0.2, 0.25) is 0 Å². The average Bonchev–Trinajstić information content (AvgIpc) is 2.11. The molecule has 0 saturated carbocycles. The molecule has 4 N–H and O–H groups in total. The van der Waals surface area contributed by atoms with E-state index < -0.39 is 0 Å². The summed E-state index contributed by atoms with van der Waals surface area (Å²) in [7, 11) is 0. The van der Waals surface area contributed by atoms with Gasteiger partial charge >= 0.3 is 0 Å². The molecule has 0 aliphatic heterocycles. The molecule has 0 heterocycles. The molecule has 0 radical (unpaired) electrons. The van der Waals surface area contributed by atoms with Crippen LogP contribution in [0.3, 0.4) is 0 Å². The van der Waals surface area contributed by atoms with E-state index in [-0.39, 0.29) is 5.54 Å². The van der Waals surface area contributed by atoms with E-state index in [0.717, 1.165) is 6.54 Å². The minimum Gasteiger partial charge on any atom is -0.330 e. The molecule has 0 aromatic heterocycles. The van der Waals surface area contributed by atoms with E-state index in [2.05, 4.69) is 41.5 Å². The SMILES string of the molecule is CC(CCC(C)(C)C(C)CN)C(C)(C)N. The normalized spacial score (nSPS) is 17.6.